The maximum atomic E-state index is 11.3. The van der Waals surface area contributed by atoms with E-state index in [4.69, 9.17) is 0 Å². The quantitative estimate of drug-likeness (QED) is 0.846. The van der Waals surface area contributed by atoms with Gasteiger partial charge >= 0.3 is 0 Å². The van der Waals surface area contributed by atoms with Gasteiger partial charge in [0.05, 0.1) is 4.90 Å². The van der Waals surface area contributed by atoms with Gasteiger partial charge in [0.2, 0.25) is 0 Å². The van der Waals surface area contributed by atoms with Gasteiger partial charge in [-0.1, -0.05) is 25.5 Å². The van der Waals surface area contributed by atoms with Crippen LogP contribution in [-0.4, -0.2) is 27.8 Å². The van der Waals surface area contributed by atoms with Crippen LogP contribution >= 0.6 is 0 Å². The number of sulfone groups is 1. The molecular weight excluding hydrogens is 234 g/mol. The van der Waals surface area contributed by atoms with Crippen molar-refractivity contribution in [3.63, 3.8) is 0 Å². The number of rotatable bonds is 6. The molecule has 1 atom stereocenters. The third kappa shape index (κ3) is 4.48. The van der Waals surface area contributed by atoms with Crippen LogP contribution in [0.25, 0.3) is 0 Å². The number of likely N-dealkylation sites (N-methyl/N-ethyl adjacent to an activating group) is 1. The molecule has 0 aliphatic heterocycles. The Morgan fingerprint density at radius 3 is 2.24 bits per heavy atom. The zero-order valence-electron chi connectivity index (χ0n) is 10.7. The Morgan fingerprint density at radius 2 is 1.82 bits per heavy atom. The molecule has 0 radical (unpaired) electrons. The zero-order chi connectivity index (χ0) is 12.9. The minimum absolute atomic E-state index is 0.387. The van der Waals surface area contributed by atoms with Gasteiger partial charge in [-0.25, -0.2) is 8.42 Å². The number of hydrogen-bond acceptors (Lipinski definition) is 3. The summed E-state index contributed by atoms with van der Waals surface area (Å²) in [4.78, 5) is 0.387. The molecule has 0 saturated carbocycles. The lowest BCUT2D eigenvalue weighted by molar-refractivity contribution is 0.513. The molecular formula is C13H21NO2S. The van der Waals surface area contributed by atoms with Crippen molar-refractivity contribution in [2.45, 2.75) is 37.1 Å². The van der Waals surface area contributed by atoms with E-state index in [0.29, 0.717) is 10.9 Å². The molecule has 1 rings (SSSR count). The van der Waals surface area contributed by atoms with E-state index in [1.807, 2.05) is 19.2 Å². The number of benzene rings is 1. The summed E-state index contributed by atoms with van der Waals surface area (Å²) in [5.74, 6) is 0. The van der Waals surface area contributed by atoms with Gasteiger partial charge in [0.25, 0.3) is 0 Å². The largest absolute Gasteiger partial charge is 0.317 e. The van der Waals surface area contributed by atoms with Crippen molar-refractivity contribution in [2.24, 2.45) is 0 Å². The molecule has 1 aromatic carbocycles. The summed E-state index contributed by atoms with van der Waals surface area (Å²) in [5, 5.41) is 3.28. The van der Waals surface area contributed by atoms with Gasteiger partial charge in [0.1, 0.15) is 0 Å². The lowest BCUT2D eigenvalue weighted by Gasteiger charge is -2.15. The predicted molar refractivity (Wildman–Crippen MR) is 71.0 cm³/mol. The van der Waals surface area contributed by atoms with Crippen LogP contribution < -0.4 is 5.32 Å². The Bertz CT molecular complexity index is 437. The molecule has 96 valence electrons. The monoisotopic (exact) mass is 255 g/mol. The van der Waals surface area contributed by atoms with Crippen molar-refractivity contribution in [3.05, 3.63) is 29.8 Å². The van der Waals surface area contributed by atoms with Gasteiger partial charge in [0.15, 0.2) is 9.84 Å². The smallest absolute Gasteiger partial charge is 0.175 e. The number of hydrogen-bond donors (Lipinski definition) is 1. The minimum Gasteiger partial charge on any atom is -0.317 e. The van der Waals surface area contributed by atoms with Crippen LogP contribution in [0.5, 0.6) is 0 Å². The van der Waals surface area contributed by atoms with E-state index in [2.05, 4.69) is 12.2 Å². The van der Waals surface area contributed by atoms with Crippen molar-refractivity contribution >= 4 is 9.84 Å². The Kier molecular flexibility index (Phi) is 5.15. The maximum absolute atomic E-state index is 11.3. The first kappa shape index (κ1) is 14.2. The second-order valence-electron chi connectivity index (χ2n) is 4.39. The normalized spacial score (nSPS) is 13.6. The molecule has 0 fully saturated rings. The summed E-state index contributed by atoms with van der Waals surface area (Å²) in [5.41, 5.74) is 1.17. The molecule has 0 spiro atoms. The lowest BCUT2D eigenvalue weighted by Crippen LogP contribution is -2.27. The van der Waals surface area contributed by atoms with Crippen LogP contribution in [0.3, 0.4) is 0 Å². The third-order valence-corrected chi connectivity index (χ3v) is 4.01. The highest BCUT2D eigenvalue weighted by Crippen LogP contribution is 2.13. The van der Waals surface area contributed by atoms with E-state index in [0.717, 1.165) is 19.3 Å². The Morgan fingerprint density at radius 1 is 1.24 bits per heavy atom. The summed E-state index contributed by atoms with van der Waals surface area (Å²) < 4.78 is 22.6. The third-order valence-electron chi connectivity index (χ3n) is 2.88. The summed E-state index contributed by atoms with van der Waals surface area (Å²) in [6.07, 6.45) is 4.45. The fraction of sp³-hybridized carbons (Fsp3) is 0.538. The molecule has 0 saturated heterocycles. The van der Waals surface area contributed by atoms with Crippen LogP contribution in [0, 0.1) is 0 Å². The molecule has 0 aliphatic rings. The molecule has 0 bridgehead atoms. The van der Waals surface area contributed by atoms with E-state index >= 15 is 0 Å². The lowest BCUT2D eigenvalue weighted by atomic mass is 10.0. The van der Waals surface area contributed by atoms with E-state index < -0.39 is 9.84 Å². The fourth-order valence-electron chi connectivity index (χ4n) is 1.85. The minimum atomic E-state index is -3.08. The van der Waals surface area contributed by atoms with Crippen LogP contribution in [0.4, 0.5) is 0 Å². The SMILES string of the molecule is CCCC(Cc1ccc(S(C)(=O)=O)cc1)NC. The molecule has 1 aromatic rings. The van der Waals surface area contributed by atoms with Crippen molar-refractivity contribution in [2.75, 3.05) is 13.3 Å². The Hall–Kier alpha value is -0.870. The summed E-state index contributed by atoms with van der Waals surface area (Å²) in [6, 6.07) is 7.63. The molecule has 0 amide bonds. The standard InChI is InChI=1S/C13H21NO2S/c1-4-5-12(14-2)10-11-6-8-13(9-7-11)17(3,15)16/h6-9,12,14H,4-5,10H2,1-3H3. The second-order valence-corrected chi connectivity index (χ2v) is 6.41. The topological polar surface area (TPSA) is 46.2 Å². The van der Waals surface area contributed by atoms with Crippen molar-refractivity contribution in [3.8, 4) is 0 Å². The van der Waals surface area contributed by atoms with E-state index in [9.17, 15) is 8.42 Å². The predicted octanol–water partition coefficient (Wildman–Crippen LogP) is 2.02. The van der Waals surface area contributed by atoms with Crippen LogP contribution in [-0.2, 0) is 16.3 Å². The van der Waals surface area contributed by atoms with E-state index in [1.165, 1.54) is 11.8 Å². The summed E-state index contributed by atoms with van der Waals surface area (Å²) in [6.45, 7) is 2.16. The summed E-state index contributed by atoms with van der Waals surface area (Å²) in [7, 11) is -1.12. The van der Waals surface area contributed by atoms with E-state index in [1.54, 1.807) is 12.1 Å². The first-order chi connectivity index (χ1) is 7.97. The maximum Gasteiger partial charge on any atom is 0.175 e. The van der Waals surface area contributed by atoms with Gasteiger partial charge in [0, 0.05) is 12.3 Å². The van der Waals surface area contributed by atoms with Gasteiger partial charge in [-0.3, -0.25) is 0 Å². The molecule has 0 aromatic heterocycles. The average molecular weight is 255 g/mol. The van der Waals surface area contributed by atoms with Gasteiger partial charge < -0.3 is 5.32 Å². The highest BCUT2D eigenvalue weighted by atomic mass is 32.2. The molecule has 4 heteroatoms. The van der Waals surface area contributed by atoms with Crippen LogP contribution in [0.15, 0.2) is 29.2 Å². The first-order valence-electron chi connectivity index (χ1n) is 5.93. The zero-order valence-corrected chi connectivity index (χ0v) is 11.5. The Labute approximate surface area is 104 Å². The van der Waals surface area contributed by atoms with Crippen LogP contribution in [0.2, 0.25) is 0 Å². The molecule has 3 nitrogen and oxygen atoms in total. The molecule has 0 aliphatic carbocycles. The second kappa shape index (κ2) is 6.17. The van der Waals surface area contributed by atoms with Crippen LogP contribution in [0.1, 0.15) is 25.3 Å². The first-order valence-corrected chi connectivity index (χ1v) is 7.82. The molecule has 17 heavy (non-hydrogen) atoms. The Balaban J connectivity index is 2.74. The van der Waals surface area contributed by atoms with Gasteiger partial charge in [-0.2, -0.15) is 0 Å². The van der Waals surface area contributed by atoms with E-state index in [-0.39, 0.29) is 0 Å². The van der Waals surface area contributed by atoms with Crippen molar-refractivity contribution < 1.29 is 8.42 Å². The van der Waals surface area contributed by atoms with Gasteiger partial charge in [-0.15, -0.1) is 0 Å². The molecule has 0 heterocycles. The van der Waals surface area contributed by atoms with Crippen molar-refractivity contribution in [1.29, 1.82) is 0 Å². The highest BCUT2D eigenvalue weighted by Gasteiger charge is 2.09. The molecule has 1 unspecified atom stereocenters. The fourth-order valence-corrected chi connectivity index (χ4v) is 2.48. The summed E-state index contributed by atoms with van der Waals surface area (Å²) >= 11 is 0. The highest BCUT2D eigenvalue weighted by molar-refractivity contribution is 7.90. The average Bonchev–Trinajstić information content (AvgIpc) is 2.28. The van der Waals surface area contributed by atoms with Crippen molar-refractivity contribution in [1.82, 2.24) is 5.32 Å². The number of nitrogens with one attached hydrogen (secondary N) is 1. The van der Waals surface area contributed by atoms with Gasteiger partial charge in [-0.05, 0) is 37.6 Å². The molecule has 1 N–H and O–H groups in total.